The quantitative estimate of drug-likeness (QED) is 0.595. The van der Waals surface area contributed by atoms with Crippen LogP contribution >= 0.6 is 0 Å². The third kappa shape index (κ3) is 11.3. The van der Waals surface area contributed by atoms with Crippen molar-refractivity contribution in [3.63, 3.8) is 0 Å². The van der Waals surface area contributed by atoms with E-state index >= 15 is 0 Å². The normalized spacial score (nSPS) is 15.5. The van der Waals surface area contributed by atoms with Gasteiger partial charge in [0.25, 0.3) is 0 Å². The average Bonchev–Trinajstić information content (AvgIpc) is 2.78. The van der Waals surface area contributed by atoms with Gasteiger partial charge in [0.1, 0.15) is 5.75 Å². The summed E-state index contributed by atoms with van der Waals surface area (Å²) in [6.45, 7) is 13.5. The summed E-state index contributed by atoms with van der Waals surface area (Å²) in [5.41, 5.74) is 2.70. The summed E-state index contributed by atoms with van der Waals surface area (Å²) in [5.74, 6) is 0.796. The molecule has 3 N–H and O–H groups in total. The summed E-state index contributed by atoms with van der Waals surface area (Å²) in [7, 11) is 0. The van der Waals surface area contributed by atoms with Gasteiger partial charge in [-0.3, -0.25) is 4.79 Å². The van der Waals surface area contributed by atoms with Gasteiger partial charge in [-0.1, -0.05) is 83.1 Å². The van der Waals surface area contributed by atoms with Crippen LogP contribution in [0.5, 0.6) is 5.75 Å². The second-order valence-corrected chi connectivity index (χ2v) is 8.95. The van der Waals surface area contributed by atoms with Crippen LogP contribution in [0.2, 0.25) is 0 Å². The highest BCUT2D eigenvalue weighted by Gasteiger charge is 2.23. The summed E-state index contributed by atoms with van der Waals surface area (Å²) in [6.07, 6.45) is 1.29. The van der Waals surface area contributed by atoms with E-state index in [4.69, 9.17) is 4.74 Å². The highest BCUT2D eigenvalue weighted by Crippen LogP contribution is 2.34. The summed E-state index contributed by atoms with van der Waals surface area (Å²) in [4.78, 5) is 10.9. The average molecular weight is 443 g/mol. The fourth-order valence-corrected chi connectivity index (χ4v) is 3.38. The summed E-state index contributed by atoms with van der Waals surface area (Å²) in [5, 5.41) is 16.0. The first-order valence-electron chi connectivity index (χ1n) is 11.7. The van der Waals surface area contributed by atoms with Crippen LogP contribution in [0.25, 0.3) is 0 Å². The SMILES string of the molecule is CC.CC(=O)NCC(O)CN[C@H]1CCOc2ccc(CC(C)(C)C)cc21.c1ccccc1. The maximum atomic E-state index is 10.9. The summed E-state index contributed by atoms with van der Waals surface area (Å²) < 4.78 is 5.77. The van der Waals surface area contributed by atoms with Crippen molar-refractivity contribution in [2.24, 2.45) is 5.41 Å². The van der Waals surface area contributed by atoms with Crippen LogP contribution < -0.4 is 15.4 Å². The molecule has 1 unspecified atom stereocenters. The Labute approximate surface area is 194 Å². The van der Waals surface area contributed by atoms with E-state index in [1.165, 1.54) is 12.5 Å². The Hall–Kier alpha value is -2.37. The number of aliphatic hydroxyl groups is 1. The van der Waals surface area contributed by atoms with Crippen LogP contribution in [0.4, 0.5) is 0 Å². The van der Waals surface area contributed by atoms with Gasteiger partial charge in [0, 0.05) is 38.0 Å². The number of aliphatic hydroxyl groups excluding tert-OH is 1. The zero-order chi connectivity index (χ0) is 24.0. The molecule has 1 amide bonds. The van der Waals surface area contributed by atoms with Gasteiger partial charge in [-0.05, 0) is 23.5 Å². The fraction of sp³-hybridized carbons (Fsp3) is 0.519. The van der Waals surface area contributed by atoms with Crippen molar-refractivity contribution in [2.45, 2.75) is 66.5 Å². The van der Waals surface area contributed by atoms with Crippen LogP contribution in [0, 0.1) is 5.41 Å². The van der Waals surface area contributed by atoms with E-state index in [2.05, 4.69) is 49.6 Å². The number of benzene rings is 2. The van der Waals surface area contributed by atoms with Crippen molar-refractivity contribution in [3.8, 4) is 5.75 Å². The number of hydrogen-bond acceptors (Lipinski definition) is 4. The number of carbonyl (C=O) groups is 1. The van der Waals surface area contributed by atoms with Gasteiger partial charge in [0.15, 0.2) is 0 Å². The monoisotopic (exact) mass is 442 g/mol. The Balaban J connectivity index is 0.000000542. The van der Waals surface area contributed by atoms with Crippen LogP contribution in [0.1, 0.15) is 65.1 Å². The number of carbonyl (C=O) groups excluding carboxylic acids is 1. The maximum absolute atomic E-state index is 10.9. The molecule has 2 atom stereocenters. The molecule has 0 saturated heterocycles. The highest BCUT2D eigenvalue weighted by atomic mass is 16.5. The van der Waals surface area contributed by atoms with Gasteiger partial charge in [0.05, 0.1) is 12.7 Å². The van der Waals surface area contributed by atoms with Crippen molar-refractivity contribution in [1.29, 1.82) is 0 Å². The minimum absolute atomic E-state index is 0.128. The minimum atomic E-state index is -0.599. The van der Waals surface area contributed by atoms with Crippen molar-refractivity contribution in [2.75, 3.05) is 19.7 Å². The van der Waals surface area contributed by atoms with Crippen molar-refractivity contribution < 1.29 is 14.6 Å². The molecule has 5 nitrogen and oxygen atoms in total. The number of fused-ring (bicyclic) bond motifs is 1. The predicted molar refractivity (Wildman–Crippen MR) is 133 cm³/mol. The van der Waals surface area contributed by atoms with Crippen LogP contribution in [-0.2, 0) is 11.2 Å². The smallest absolute Gasteiger partial charge is 0.216 e. The fourth-order valence-electron chi connectivity index (χ4n) is 3.38. The molecule has 2 aromatic carbocycles. The van der Waals surface area contributed by atoms with Gasteiger partial charge in [-0.15, -0.1) is 0 Å². The molecule has 3 rings (SSSR count). The maximum Gasteiger partial charge on any atom is 0.216 e. The van der Waals surface area contributed by atoms with Crippen molar-refractivity contribution in [3.05, 3.63) is 65.7 Å². The van der Waals surface area contributed by atoms with E-state index in [1.807, 2.05) is 50.2 Å². The lowest BCUT2D eigenvalue weighted by Crippen LogP contribution is -2.39. The van der Waals surface area contributed by atoms with Gasteiger partial charge in [0.2, 0.25) is 5.91 Å². The molecular formula is C27H42N2O3. The second-order valence-electron chi connectivity index (χ2n) is 8.95. The Kier molecular flexibility index (Phi) is 12.7. The lowest BCUT2D eigenvalue weighted by atomic mass is 9.86. The molecular weight excluding hydrogens is 400 g/mol. The van der Waals surface area contributed by atoms with Crippen molar-refractivity contribution >= 4 is 5.91 Å². The zero-order valence-corrected chi connectivity index (χ0v) is 20.7. The Bertz CT molecular complexity index is 746. The van der Waals surface area contributed by atoms with E-state index in [1.54, 1.807) is 0 Å². The molecule has 178 valence electrons. The first kappa shape index (κ1) is 27.7. The number of amides is 1. The van der Waals surface area contributed by atoms with Crippen LogP contribution in [-0.4, -0.2) is 36.8 Å². The molecule has 0 bridgehead atoms. The van der Waals surface area contributed by atoms with E-state index in [0.29, 0.717) is 13.2 Å². The topological polar surface area (TPSA) is 70.6 Å². The molecule has 1 aliphatic heterocycles. The minimum Gasteiger partial charge on any atom is -0.493 e. The van der Waals surface area contributed by atoms with Gasteiger partial charge in [-0.2, -0.15) is 0 Å². The zero-order valence-electron chi connectivity index (χ0n) is 20.7. The molecule has 1 aliphatic rings. The first-order valence-corrected chi connectivity index (χ1v) is 11.7. The molecule has 0 fully saturated rings. The molecule has 0 radical (unpaired) electrons. The Morgan fingerprint density at radius 3 is 2.22 bits per heavy atom. The first-order chi connectivity index (χ1) is 15.2. The van der Waals surface area contributed by atoms with E-state index in [-0.39, 0.29) is 23.9 Å². The van der Waals surface area contributed by atoms with Crippen LogP contribution in [0.3, 0.4) is 0 Å². The number of ether oxygens (including phenoxy) is 1. The van der Waals surface area contributed by atoms with Crippen molar-refractivity contribution in [1.82, 2.24) is 10.6 Å². The van der Waals surface area contributed by atoms with E-state index < -0.39 is 6.10 Å². The highest BCUT2D eigenvalue weighted by molar-refractivity contribution is 5.72. The summed E-state index contributed by atoms with van der Waals surface area (Å²) in [6, 6.07) is 18.6. The lowest BCUT2D eigenvalue weighted by Gasteiger charge is -2.29. The molecule has 0 spiro atoms. The Morgan fingerprint density at radius 2 is 1.69 bits per heavy atom. The van der Waals surface area contributed by atoms with Crippen LogP contribution in [0.15, 0.2) is 54.6 Å². The molecule has 0 aromatic heterocycles. The Morgan fingerprint density at radius 1 is 1.09 bits per heavy atom. The largest absolute Gasteiger partial charge is 0.493 e. The molecule has 1 heterocycles. The molecule has 32 heavy (non-hydrogen) atoms. The summed E-state index contributed by atoms with van der Waals surface area (Å²) >= 11 is 0. The number of hydrogen-bond donors (Lipinski definition) is 3. The van der Waals surface area contributed by atoms with Gasteiger partial charge < -0.3 is 20.5 Å². The molecule has 5 heteroatoms. The van der Waals surface area contributed by atoms with Gasteiger partial charge in [-0.25, -0.2) is 0 Å². The van der Waals surface area contributed by atoms with E-state index in [9.17, 15) is 9.90 Å². The van der Waals surface area contributed by atoms with E-state index in [0.717, 1.165) is 24.2 Å². The third-order valence-corrected chi connectivity index (χ3v) is 4.70. The molecule has 0 aliphatic carbocycles. The predicted octanol–water partition coefficient (Wildman–Crippen LogP) is 4.90. The number of rotatable bonds is 6. The standard InChI is InChI=1S/C19H30N2O3.C6H6.C2H6/c1-13(22)20-11-15(23)12-21-17-7-8-24-18-6-5-14(9-16(17)18)10-19(2,3)4;1-2-4-6-5-3-1;1-2/h5-6,9,15,17,21,23H,7-8,10-12H2,1-4H3,(H,20,22);1-6H;1-2H3/t15?,17-;;/m0../s1. The van der Waals surface area contributed by atoms with Gasteiger partial charge >= 0.3 is 0 Å². The molecule has 0 saturated carbocycles. The second kappa shape index (κ2) is 14.6. The third-order valence-electron chi connectivity index (χ3n) is 4.70. The molecule has 2 aromatic rings. The lowest BCUT2D eigenvalue weighted by molar-refractivity contribution is -0.119. The number of nitrogens with one attached hydrogen (secondary N) is 2.